The normalized spacial score (nSPS) is 18.4. The molecule has 0 aromatic carbocycles. The van der Waals surface area contributed by atoms with E-state index in [4.69, 9.17) is 0 Å². The Bertz CT molecular complexity index is 623. The largest absolute Gasteiger partial charge is 0.417 e. The zero-order valence-corrected chi connectivity index (χ0v) is 15.6. The molecule has 2 fully saturated rings. The fourth-order valence-corrected chi connectivity index (χ4v) is 3.42. The topological polar surface area (TPSA) is 48.5 Å². The number of urea groups is 1. The van der Waals surface area contributed by atoms with Crippen molar-refractivity contribution in [2.45, 2.75) is 51.2 Å². The number of halogens is 3. The van der Waals surface area contributed by atoms with Crippen molar-refractivity contribution < 1.29 is 18.0 Å². The van der Waals surface area contributed by atoms with E-state index in [2.05, 4.69) is 17.2 Å². The highest BCUT2D eigenvalue weighted by Gasteiger charge is 2.31. The molecule has 1 saturated heterocycles. The number of hydrogen-bond acceptors (Lipinski definition) is 3. The first kappa shape index (κ1) is 19.8. The molecule has 2 aliphatic rings. The number of hydrogen-bond donors (Lipinski definition) is 1. The smallest absolute Gasteiger partial charge is 0.356 e. The van der Waals surface area contributed by atoms with Crippen molar-refractivity contribution in [1.29, 1.82) is 0 Å². The molecule has 1 aliphatic heterocycles. The van der Waals surface area contributed by atoms with Crippen LogP contribution >= 0.6 is 0 Å². The third kappa shape index (κ3) is 5.49. The van der Waals surface area contributed by atoms with E-state index in [0.29, 0.717) is 24.8 Å². The number of nitrogens with zero attached hydrogens (tertiary/aromatic N) is 3. The molecular weight excluding hydrogens is 357 g/mol. The molecule has 0 unspecified atom stereocenters. The summed E-state index contributed by atoms with van der Waals surface area (Å²) in [6.07, 6.45) is 1.41. The molecule has 1 saturated carbocycles. The van der Waals surface area contributed by atoms with Gasteiger partial charge < -0.3 is 15.1 Å². The molecule has 2 amide bonds. The van der Waals surface area contributed by atoms with Crippen LogP contribution in [0, 0.1) is 5.92 Å². The summed E-state index contributed by atoms with van der Waals surface area (Å²) in [4.78, 5) is 20.4. The van der Waals surface area contributed by atoms with Gasteiger partial charge in [0, 0.05) is 38.4 Å². The van der Waals surface area contributed by atoms with Crippen LogP contribution in [-0.4, -0.2) is 48.1 Å². The van der Waals surface area contributed by atoms with Crippen molar-refractivity contribution in [2.24, 2.45) is 5.92 Å². The minimum Gasteiger partial charge on any atom is -0.356 e. The second-order valence-electron chi connectivity index (χ2n) is 7.50. The maximum atomic E-state index is 12.6. The number of alkyl halides is 3. The Labute approximate surface area is 157 Å². The molecule has 2 heterocycles. The number of rotatable bonds is 6. The van der Waals surface area contributed by atoms with Crippen LogP contribution in [0.4, 0.5) is 23.8 Å². The van der Waals surface area contributed by atoms with Gasteiger partial charge in [-0.25, -0.2) is 9.78 Å². The van der Waals surface area contributed by atoms with Crippen LogP contribution in [0.15, 0.2) is 18.3 Å². The van der Waals surface area contributed by atoms with Crippen molar-refractivity contribution in [2.75, 3.05) is 31.1 Å². The number of piperidine rings is 1. The predicted octanol–water partition coefficient (Wildman–Crippen LogP) is 3.90. The quantitative estimate of drug-likeness (QED) is 0.809. The van der Waals surface area contributed by atoms with Crippen LogP contribution in [0.1, 0.15) is 44.6 Å². The van der Waals surface area contributed by atoms with Gasteiger partial charge in [0.2, 0.25) is 0 Å². The van der Waals surface area contributed by atoms with Gasteiger partial charge in [0.15, 0.2) is 0 Å². The van der Waals surface area contributed by atoms with Gasteiger partial charge in [-0.15, -0.1) is 0 Å². The SMILES string of the molecule is CCCN(CC1CC1)C(=O)NC1CCN(c2ccc(C(F)(F)F)cn2)CC1. The molecule has 0 atom stereocenters. The minimum atomic E-state index is -4.37. The second-order valence-corrected chi connectivity index (χ2v) is 7.50. The van der Waals surface area contributed by atoms with Gasteiger partial charge in [0.05, 0.1) is 5.56 Å². The maximum Gasteiger partial charge on any atom is 0.417 e. The summed E-state index contributed by atoms with van der Waals surface area (Å²) < 4.78 is 37.9. The fourth-order valence-electron chi connectivity index (χ4n) is 3.42. The van der Waals surface area contributed by atoms with Crippen molar-refractivity contribution in [1.82, 2.24) is 15.2 Å². The highest BCUT2D eigenvalue weighted by molar-refractivity contribution is 5.74. The third-order valence-corrected chi connectivity index (χ3v) is 5.18. The second kappa shape index (κ2) is 8.35. The Kier molecular flexibility index (Phi) is 6.11. The Balaban J connectivity index is 1.48. The van der Waals surface area contributed by atoms with Crippen molar-refractivity contribution in [3.05, 3.63) is 23.9 Å². The van der Waals surface area contributed by atoms with Crippen molar-refractivity contribution >= 4 is 11.8 Å². The molecule has 27 heavy (non-hydrogen) atoms. The number of nitrogens with one attached hydrogen (secondary N) is 1. The number of aromatic nitrogens is 1. The number of carbonyl (C=O) groups is 1. The predicted molar refractivity (Wildman–Crippen MR) is 97.6 cm³/mol. The molecule has 150 valence electrons. The lowest BCUT2D eigenvalue weighted by Gasteiger charge is -2.34. The fraction of sp³-hybridized carbons (Fsp3) is 0.684. The first-order valence-corrected chi connectivity index (χ1v) is 9.70. The number of carbonyl (C=O) groups excluding carboxylic acids is 1. The summed E-state index contributed by atoms with van der Waals surface area (Å²) in [6, 6.07) is 2.59. The van der Waals surface area contributed by atoms with Gasteiger partial charge in [0.1, 0.15) is 5.82 Å². The average Bonchev–Trinajstić information content (AvgIpc) is 3.45. The van der Waals surface area contributed by atoms with E-state index in [1.54, 1.807) is 0 Å². The lowest BCUT2D eigenvalue weighted by atomic mass is 10.1. The van der Waals surface area contributed by atoms with Crippen molar-refractivity contribution in [3.8, 4) is 0 Å². The molecule has 1 N–H and O–H groups in total. The lowest BCUT2D eigenvalue weighted by Crippen LogP contribution is -2.50. The number of anilines is 1. The van der Waals surface area contributed by atoms with Gasteiger partial charge in [-0.3, -0.25) is 0 Å². The molecule has 0 spiro atoms. The molecule has 5 nitrogen and oxygen atoms in total. The van der Waals surface area contributed by atoms with Crippen LogP contribution < -0.4 is 10.2 Å². The molecule has 1 aromatic heterocycles. The van der Waals surface area contributed by atoms with E-state index >= 15 is 0 Å². The highest BCUT2D eigenvalue weighted by atomic mass is 19.4. The van der Waals surface area contributed by atoms with Crippen LogP contribution in [0.3, 0.4) is 0 Å². The standard InChI is InChI=1S/C19H27F3N4O/c1-2-9-26(13-14-3-4-14)18(27)24-16-7-10-25(11-8-16)17-6-5-15(12-23-17)19(20,21)22/h5-6,12,14,16H,2-4,7-11,13H2,1H3,(H,24,27). The molecular formula is C19H27F3N4O. The molecule has 0 bridgehead atoms. The first-order valence-electron chi connectivity index (χ1n) is 9.70. The van der Waals surface area contributed by atoms with E-state index in [1.807, 2.05) is 9.80 Å². The average molecular weight is 384 g/mol. The van der Waals surface area contributed by atoms with Crippen LogP contribution in [-0.2, 0) is 6.18 Å². The zero-order valence-electron chi connectivity index (χ0n) is 15.6. The van der Waals surface area contributed by atoms with E-state index in [-0.39, 0.29) is 12.1 Å². The monoisotopic (exact) mass is 384 g/mol. The van der Waals surface area contributed by atoms with Gasteiger partial charge in [-0.1, -0.05) is 6.92 Å². The third-order valence-electron chi connectivity index (χ3n) is 5.18. The van der Waals surface area contributed by atoms with E-state index in [9.17, 15) is 18.0 Å². The summed E-state index contributed by atoms with van der Waals surface area (Å²) in [7, 11) is 0. The minimum absolute atomic E-state index is 0.00913. The van der Waals surface area contributed by atoms with Gasteiger partial charge in [0.25, 0.3) is 0 Å². The molecule has 1 aromatic rings. The van der Waals surface area contributed by atoms with E-state index in [1.165, 1.54) is 18.9 Å². The summed E-state index contributed by atoms with van der Waals surface area (Å²) >= 11 is 0. The summed E-state index contributed by atoms with van der Waals surface area (Å²) in [5, 5.41) is 3.13. The van der Waals surface area contributed by atoms with E-state index in [0.717, 1.165) is 44.6 Å². The van der Waals surface area contributed by atoms with Gasteiger partial charge >= 0.3 is 12.2 Å². The Morgan fingerprint density at radius 3 is 2.48 bits per heavy atom. The summed E-state index contributed by atoms with van der Waals surface area (Å²) in [5.74, 6) is 1.21. The zero-order chi connectivity index (χ0) is 19.4. The van der Waals surface area contributed by atoms with E-state index < -0.39 is 11.7 Å². The van der Waals surface area contributed by atoms with Gasteiger partial charge in [-0.05, 0) is 50.2 Å². The van der Waals surface area contributed by atoms with Crippen LogP contribution in [0.5, 0.6) is 0 Å². The highest BCUT2D eigenvalue weighted by Crippen LogP contribution is 2.30. The lowest BCUT2D eigenvalue weighted by molar-refractivity contribution is -0.137. The summed E-state index contributed by atoms with van der Waals surface area (Å²) in [5.41, 5.74) is -0.736. The maximum absolute atomic E-state index is 12.6. The Morgan fingerprint density at radius 1 is 1.26 bits per heavy atom. The Morgan fingerprint density at radius 2 is 1.96 bits per heavy atom. The number of amides is 2. The van der Waals surface area contributed by atoms with Crippen LogP contribution in [0.2, 0.25) is 0 Å². The summed E-state index contributed by atoms with van der Waals surface area (Å²) in [6.45, 7) is 5.02. The Hall–Kier alpha value is -1.99. The molecule has 0 radical (unpaired) electrons. The first-order chi connectivity index (χ1) is 12.9. The molecule has 8 heteroatoms. The molecule has 1 aliphatic carbocycles. The van der Waals surface area contributed by atoms with Crippen molar-refractivity contribution in [3.63, 3.8) is 0 Å². The molecule has 3 rings (SSSR count). The number of pyridine rings is 1. The van der Waals surface area contributed by atoms with Gasteiger partial charge in [-0.2, -0.15) is 13.2 Å². The van der Waals surface area contributed by atoms with Crippen LogP contribution in [0.25, 0.3) is 0 Å².